The fraction of sp³-hybridized carbons (Fsp3) is 0.621. The fourth-order valence-electron chi connectivity index (χ4n) is 5.71. The molecule has 5 nitrogen and oxygen atoms in total. The molecule has 0 saturated carbocycles. The molecule has 6 heteroatoms. The van der Waals surface area contributed by atoms with Gasteiger partial charge in [-0.2, -0.15) is 0 Å². The number of likely N-dealkylation sites (tertiary alicyclic amines) is 1. The lowest BCUT2D eigenvalue weighted by Gasteiger charge is -2.23. The molecule has 3 aliphatic rings. The Balaban J connectivity index is 1.05. The lowest BCUT2D eigenvalue weighted by Crippen LogP contribution is -2.24. The predicted octanol–water partition coefficient (Wildman–Crippen LogP) is 5.82. The highest BCUT2D eigenvalue weighted by molar-refractivity contribution is 5.47. The highest BCUT2D eigenvalue weighted by Crippen LogP contribution is 2.40. The van der Waals surface area contributed by atoms with Crippen molar-refractivity contribution in [3.8, 4) is 0 Å². The van der Waals surface area contributed by atoms with Gasteiger partial charge in [0.25, 0.3) is 0 Å². The van der Waals surface area contributed by atoms with Crippen molar-refractivity contribution in [3.63, 3.8) is 0 Å². The number of nitrogens with one attached hydrogen (secondary N) is 1. The number of hydrogen-bond acceptors (Lipinski definition) is 5. The summed E-state index contributed by atoms with van der Waals surface area (Å²) in [5.74, 6) is 0.915. The molecule has 2 saturated heterocycles. The maximum absolute atomic E-state index is 14.1. The van der Waals surface area contributed by atoms with Gasteiger partial charge < -0.3 is 14.8 Å². The Labute approximate surface area is 209 Å². The van der Waals surface area contributed by atoms with Crippen LogP contribution in [0.1, 0.15) is 80.9 Å². The maximum atomic E-state index is 14.1. The van der Waals surface area contributed by atoms with Crippen LogP contribution in [0.2, 0.25) is 0 Å². The van der Waals surface area contributed by atoms with Gasteiger partial charge in [-0.3, -0.25) is 4.90 Å². The van der Waals surface area contributed by atoms with E-state index in [4.69, 9.17) is 14.5 Å². The molecule has 2 fully saturated rings. The van der Waals surface area contributed by atoms with Crippen LogP contribution in [0.4, 0.5) is 10.2 Å². The molecule has 1 N–H and O–H groups in total. The lowest BCUT2D eigenvalue weighted by molar-refractivity contribution is -0.0169. The van der Waals surface area contributed by atoms with Gasteiger partial charge >= 0.3 is 0 Å². The number of unbranched alkanes of at least 4 members (excludes halogenated alkanes) is 1. The van der Waals surface area contributed by atoms with Crippen LogP contribution in [0.25, 0.3) is 0 Å². The molecule has 0 spiro atoms. The SMILES string of the molecule is CC1(C)CCC(c2ccc(F)cc2CN2CCC(OCCCCc3ccc4c(n3)NCCC4)C2)O1. The Morgan fingerprint density at radius 1 is 1.20 bits per heavy atom. The van der Waals surface area contributed by atoms with Crippen molar-refractivity contribution in [3.05, 3.63) is 58.5 Å². The van der Waals surface area contributed by atoms with Gasteiger partial charge in [0, 0.05) is 38.5 Å². The fourth-order valence-corrected chi connectivity index (χ4v) is 5.71. The van der Waals surface area contributed by atoms with Gasteiger partial charge in [-0.15, -0.1) is 0 Å². The van der Waals surface area contributed by atoms with Gasteiger partial charge in [-0.1, -0.05) is 12.1 Å². The predicted molar refractivity (Wildman–Crippen MR) is 137 cm³/mol. The molecule has 5 rings (SSSR count). The van der Waals surface area contributed by atoms with Gasteiger partial charge in [0.05, 0.1) is 17.8 Å². The van der Waals surface area contributed by atoms with Gasteiger partial charge in [-0.25, -0.2) is 9.37 Å². The average Bonchev–Trinajstić information content (AvgIpc) is 3.44. The standard InChI is InChI=1S/C29H40FN3O2/c1-29(2)14-12-27(35-29)26-11-9-23(30)18-22(26)19-33-16-13-25(20-33)34-17-4-3-7-24-10-8-21-6-5-15-31-28(21)32-24/h8-11,18,25,27H,3-7,12-17,19-20H2,1-2H3,(H,31,32). The van der Waals surface area contributed by atoms with E-state index in [9.17, 15) is 4.39 Å². The highest BCUT2D eigenvalue weighted by atomic mass is 19.1. The van der Waals surface area contributed by atoms with Crippen LogP contribution in [-0.2, 0) is 28.9 Å². The first-order valence-electron chi connectivity index (χ1n) is 13.5. The maximum Gasteiger partial charge on any atom is 0.129 e. The molecule has 1 aromatic heterocycles. The Kier molecular flexibility index (Phi) is 7.71. The Bertz CT molecular complexity index is 1010. The molecule has 2 unspecified atom stereocenters. The molecule has 190 valence electrons. The zero-order valence-electron chi connectivity index (χ0n) is 21.3. The second kappa shape index (κ2) is 10.9. The van der Waals surface area contributed by atoms with E-state index in [0.717, 1.165) is 94.7 Å². The molecule has 1 aromatic carbocycles. The van der Waals surface area contributed by atoms with Crippen molar-refractivity contribution < 1.29 is 13.9 Å². The number of rotatable bonds is 9. The van der Waals surface area contributed by atoms with Crippen LogP contribution in [-0.4, -0.2) is 47.8 Å². The topological polar surface area (TPSA) is 46.6 Å². The van der Waals surface area contributed by atoms with E-state index >= 15 is 0 Å². The van der Waals surface area contributed by atoms with E-state index in [1.54, 1.807) is 12.1 Å². The molecular formula is C29H40FN3O2. The monoisotopic (exact) mass is 481 g/mol. The largest absolute Gasteiger partial charge is 0.377 e. The number of anilines is 1. The number of halogens is 1. The zero-order chi connectivity index (χ0) is 24.3. The Morgan fingerprint density at radius 3 is 2.97 bits per heavy atom. The number of fused-ring (bicyclic) bond motifs is 1. The Morgan fingerprint density at radius 2 is 2.11 bits per heavy atom. The quantitative estimate of drug-likeness (QED) is 0.457. The van der Waals surface area contributed by atoms with Crippen molar-refractivity contribution in [2.24, 2.45) is 0 Å². The van der Waals surface area contributed by atoms with Gasteiger partial charge in [0.2, 0.25) is 0 Å². The summed E-state index contributed by atoms with van der Waals surface area (Å²) in [6.07, 6.45) is 8.86. The lowest BCUT2D eigenvalue weighted by atomic mass is 9.98. The summed E-state index contributed by atoms with van der Waals surface area (Å²) >= 11 is 0. The average molecular weight is 482 g/mol. The first-order valence-corrected chi connectivity index (χ1v) is 13.5. The van der Waals surface area contributed by atoms with Gasteiger partial charge in [-0.05, 0) is 100 Å². The summed E-state index contributed by atoms with van der Waals surface area (Å²) in [4.78, 5) is 7.19. The molecule has 0 bridgehead atoms. The summed E-state index contributed by atoms with van der Waals surface area (Å²) in [5, 5.41) is 3.42. The summed E-state index contributed by atoms with van der Waals surface area (Å²) < 4.78 is 26.6. The molecule has 2 aromatic rings. The third-order valence-corrected chi connectivity index (χ3v) is 7.68. The van der Waals surface area contributed by atoms with Gasteiger partial charge in [0.15, 0.2) is 0 Å². The van der Waals surface area contributed by atoms with E-state index in [0.29, 0.717) is 0 Å². The summed E-state index contributed by atoms with van der Waals surface area (Å²) in [6, 6.07) is 9.60. The number of aryl methyl sites for hydroxylation is 2. The van der Waals surface area contributed by atoms with E-state index in [2.05, 4.69) is 36.2 Å². The first-order chi connectivity index (χ1) is 16.9. The minimum atomic E-state index is -0.169. The number of pyridine rings is 1. The molecule has 2 atom stereocenters. The Hall–Kier alpha value is -2.02. The minimum absolute atomic E-state index is 0.0654. The van der Waals surface area contributed by atoms with Crippen LogP contribution in [0.5, 0.6) is 0 Å². The van der Waals surface area contributed by atoms with Crippen molar-refractivity contribution >= 4 is 5.82 Å². The number of ether oxygens (including phenoxy) is 2. The van der Waals surface area contributed by atoms with E-state index in [-0.39, 0.29) is 23.6 Å². The molecule has 35 heavy (non-hydrogen) atoms. The van der Waals surface area contributed by atoms with Crippen LogP contribution >= 0.6 is 0 Å². The van der Waals surface area contributed by atoms with Crippen molar-refractivity contribution in [2.45, 2.75) is 89.6 Å². The van der Waals surface area contributed by atoms with E-state index in [1.165, 1.54) is 17.7 Å². The zero-order valence-corrected chi connectivity index (χ0v) is 21.3. The second-order valence-corrected chi connectivity index (χ2v) is 11.1. The molecule has 0 aliphatic carbocycles. The van der Waals surface area contributed by atoms with Crippen LogP contribution in [0, 0.1) is 5.82 Å². The minimum Gasteiger partial charge on any atom is -0.377 e. The van der Waals surface area contributed by atoms with E-state index < -0.39 is 0 Å². The van der Waals surface area contributed by atoms with Crippen molar-refractivity contribution in [2.75, 3.05) is 31.6 Å². The van der Waals surface area contributed by atoms with Crippen LogP contribution in [0.15, 0.2) is 30.3 Å². The summed E-state index contributed by atoms with van der Waals surface area (Å²) in [6.45, 7) is 8.75. The van der Waals surface area contributed by atoms with E-state index in [1.807, 2.05) is 6.07 Å². The third kappa shape index (κ3) is 6.41. The molecule has 3 aliphatic heterocycles. The number of hydrogen-bond donors (Lipinski definition) is 1. The molecule has 4 heterocycles. The molecular weight excluding hydrogens is 441 g/mol. The molecule has 0 radical (unpaired) electrons. The number of aromatic nitrogens is 1. The highest BCUT2D eigenvalue weighted by Gasteiger charge is 2.34. The summed E-state index contributed by atoms with van der Waals surface area (Å²) in [7, 11) is 0. The normalized spacial score (nSPS) is 23.9. The first kappa shape index (κ1) is 24.7. The summed E-state index contributed by atoms with van der Waals surface area (Å²) in [5.41, 5.74) is 4.62. The second-order valence-electron chi connectivity index (χ2n) is 11.1. The number of benzene rings is 1. The third-order valence-electron chi connectivity index (χ3n) is 7.68. The number of nitrogens with zero attached hydrogens (tertiary/aromatic N) is 2. The molecule has 0 amide bonds. The van der Waals surface area contributed by atoms with Crippen LogP contribution in [0.3, 0.4) is 0 Å². The van der Waals surface area contributed by atoms with Crippen molar-refractivity contribution in [1.82, 2.24) is 9.88 Å². The smallest absolute Gasteiger partial charge is 0.129 e. The van der Waals surface area contributed by atoms with Crippen molar-refractivity contribution in [1.29, 1.82) is 0 Å². The van der Waals surface area contributed by atoms with Gasteiger partial charge in [0.1, 0.15) is 11.6 Å². The van der Waals surface area contributed by atoms with Crippen LogP contribution < -0.4 is 5.32 Å².